The molecule has 2 aromatic carbocycles. The van der Waals surface area contributed by atoms with E-state index in [1.165, 1.54) is 6.07 Å². The molecule has 0 radical (unpaired) electrons. The molecule has 158 valence electrons. The van der Waals surface area contributed by atoms with Gasteiger partial charge in [0.15, 0.2) is 11.5 Å². The van der Waals surface area contributed by atoms with Gasteiger partial charge >= 0.3 is 0 Å². The lowest BCUT2D eigenvalue weighted by atomic mass is 10.0. The number of nitrogens with zero attached hydrogens (tertiary/aromatic N) is 1. The quantitative estimate of drug-likeness (QED) is 0.754. The molecule has 1 amide bonds. The van der Waals surface area contributed by atoms with E-state index in [1.807, 2.05) is 32.0 Å². The van der Waals surface area contributed by atoms with Crippen molar-refractivity contribution >= 4 is 21.8 Å². The number of amidine groups is 1. The highest BCUT2D eigenvalue weighted by Crippen LogP contribution is 2.33. The standard InChI is InChI=1S/C21H23N3O5S/c1-13(2)18(23-20-15-7-3-4-9-17(15)30(26,27)24-20)21(25)22-12-14-6-5-8-16-19(14)29-11-10-28-16/h3-9,13,18H,10-12H2,1-2H3,(H,22,25)(H,23,24)/t18-/m0/s1. The summed E-state index contributed by atoms with van der Waals surface area (Å²) in [6, 6.07) is 11.4. The molecule has 0 aromatic heterocycles. The highest BCUT2D eigenvalue weighted by Gasteiger charge is 2.32. The van der Waals surface area contributed by atoms with Gasteiger partial charge in [-0.2, -0.15) is 0 Å². The zero-order valence-corrected chi connectivity index (χ0v) is 17.5. The van der Waals surface area contributed by atoms with Crippen LogP contribution in [0.3, 0.4) is 0 Å². The molecule has 0 unspecified atom stereocenters. The molecule has 2 aromatic rings. The molecule has 1 atom stereocenters. The van der Waals surface area contributed by atoms with Crippen molar-refractivity contribution < 1.29 is 22.7 Å². The maximum absolute atomic E-state index is 12.9. The first-order chi connectivity index (χ1) is 14.4. The predicted molar refractivity (Wildman–Crippen MR) is 111 cm³/mol. The number of fused-ring (bicyclic) bond motifs is 2. The Morgan fingerprint density at radius 2 is 1.90 bits per heavy atom. The van der Waals surface area contributed by atoms with Crippen LogP contribution in [0.1, 0.15) is 25.0 Å². The molecule has 8 nitrogen and oxygen atoms in total. The first-order valence-electron chi connectivity index (χ1n) is 9.72. The topological polar surface area (TPSA) is 106 Å². The van der Waals surface area contributed by atoms with Gasteiger partial charge < -0.3 is 14.8 Å². The van der Waals surface area contributed by atoms with Crippen LogP contribution in [0.4, 0.5) is 0 Å². The van der Waals surface area contributed by atoms with Crippen LogP contribution in [-0.4, -0.2) is 39.4 Å². The molecule has 2 N–H and O–H groups in total. The van der Waals surface area contributed by atoms with Gasteiger partial charge in [0.05, 0.1) is 4.90 Å². The minimum Gasteiger partial charge on any atom is -0.486 e. The molecule has 2 aliphatic heterocycles. The third-order valence-electron chi connectivity index (χ3n) is 4.93. The normalized spacial score (nSPS) is 18.6. The molecule has 0 bridgehead atoms. The maximum Gasteiger partial charge on any atom is 0.263 e. The Balaban J connectivity index is 1.55. The number of aliphatic imine (C=N–C) groups is 1. The number of benzene rings is 2. The lowest BCUT2D eigenvalue weighted by Crippen LogP contribution is -2.38. The van der Waals surface area contributed by atoms with Crippen LogP contribution in [0.15, 0.2) is 52.4 Å². The van der Waals surface area contributed by atoms with E-state index in [-0.39, 0.29) is 29.1 Å². The molecule has 0 saturated heterocycles. The molecule has 0 saturated carbocycles. The molecule has 0 aliphatic carbocycles. The monoisotopic (exact) mass is 429 g/mol. The van der Waals surface area contributed by atoms with Crippen molar-refractivity contribution in [3.8, 4) is 11.5 Å². The van der Waals surface area contributed by atoms with E-state index >= 15 is 0 Å². The lowest BCUT2D eigenvalue weighted by Gasteiger charge is -2.22. The van der Waals surface area contributed by atoms with Gasteiger partial charge in [-0.3, -0.25) is 14.5 Å². The Morgan fingerprint density at radius 3 is 2.70 bits per heavy atom. The third-order valence-corrected chi connectivity index (χ3v) is 6.33. The Hall–Kier alpha value is -3.07. The summed E-state index contributed by atoms with van der Waals surface area (Å²) in [4.78, 5) is 17.6. The smallest absolute Gasteiger partial charge is 0.263 e. The summed E-state index contributed by atoms with van der Waals surface area (Å²) >= 11 is 0. The van der Waals surface area contributed by atoms with E-state index in [4.69, 9.17) is 9.47 Å². The van der Waals surface area contributed by atoms with Crippen LogP contribution < -0.4 is 19.5 Å². The number of amides is 1. The number of nitrogens with one attached hydrogen (secondary N) is 2. The first kappa shape index (κ1) is 20.2. The van der Waals surface area contributed by atoms with Crippen molar-refractivity contribution in [2.24, 2.45) is 10.9 Å². The summed E-state index contributed by atoms with van der Waals surface area (Å²) in [6.45, 7) is 4.94. The number of hydrogen-bond donors (Lipinski definition) is 2. The van der Waals surface area contributed by atoms with Gasteiger partial charge in [0.1, 0.15) is 25.1 Å². The molecule has 9 heteroatoms. The van der Waals surface area contributed by atoms with E-state index < -0.39 is 16.1 Å². The molecular weight excluding hydrogens is 406 g/mol. The van der Waals surface area contributed by atoms with E-state index in [2.05, 4.69) is 15.0 Å². The van der Waals surface area contributed by atoms with Gasteiger partial charge in [0.25, 0.3) is 10.0 Å². The zero-order chi connectivity index (χ0) is 21.3. The second kappa shape index (κ2) is 7.98. The third kappa shape index (κ3) is 3.85. The van der Waals surface area contributed by atoms with Crippen molar-refractivity contribution in [1.29, 1.82) is 0 Å². The van der Waals surface area contributed by atoms with Crippen molar-refractivity contribution in [3.63, 3.8) is 0 Å². The number of carbonyl (C=O) groups is 1. The van der Waals surface area contributed by atoms with Crippen LogP contribution in [0.2, 0.25) is 0 Å². The number of para-hydroxylation sites is 1. The first-order valence-corrected chi connectivity index (χ1v) is 11.2. The minimum absolute atomic E-state index is 0.140. The fourth-order valence-electron chi connectivity index (χ4n) is 3.44. The van der Waals surface area contributed by atoms with E-state index in [1.54, 1.807) is 18.2 Å². The van der Waals surface area contributed by atoms with Gasteiger partial charge in [-0.15, -0.1) is 0 Å². The highest BCUT2D eigenvalue weighted by molar-refractivity contribution is 7.90. The molecule has 0 spiro atoms. The van der Waals surface area contributed by atoms with Crippen molar-refractivity contribution in [1.82, 2.24) is 10.0 Å². The summed E-state index contributed by atoms with van der Waals surface area (Å²) < 4.78 is 38.3. The number of ether oxygens (including phenoxy) is 2. The average Bonchev–Trinajstić information content (AvgIpc) is 3.00. The summed E-state index contributed by atoms with van der Waals surface area (Å²) in [6.07, 6.45) is 0. The Kier molecular flexibility index (Phi) is 5.38. The largest absolute Gasteiger partial charge is 0.486 e. The lowest BCUT2D eigenvalue weighted by molar-refractivity contribution is -0.123. The minimum atomic E-state index is -3.66. The van der Waals surface area contributed by atoms with Crippen molar-refractivity contribution in [2.75, 3.05) is 13.2 Å². The van der Waals surface area contributed by atoms with Crippen LogP contribution in [0.25, 0.3) is 0 Å². The maximum atomic E-state index is 12.9. The summed E-state index contributed by atoms with van der Waals surface area (Å²) in [5, 5.41) is 2.89. The zero-order valence-electron chi connectivity index (χ0n) is 16.7. The fraction of sp³-hybridized carbons (Fsp3) is 0.333. The second-order valence-corrected chi connectivity index (χ2v) is 9.08. The van der Waals surface area contributed by atoms with E-state index in [0.717, 1.165) is 5.56 Å². The van der Waals surface area contributed by atoms with Crippen LogP contribution >= 0.6 is 0 Å². The molecule has 2 heterocycles. The van der Waals surface area contributed by atoms with Crippen molar-refractivity contribution in [2.45, 2.75) is 31.3 Å². The molecule has 4 rings (SSSR count). The molecule has 30 heavy (non-hydrogen) atoms. The summed E-state index contributed by atoms with van der Waals surface area (Å²) in [7, 11) is -3.66. The summed E-state index contributed by atoms with van der Waals surface area (Å²) in [5.74, 6) is 1.04. The number of carbonyl (C=O) groups excluding carboxylic acids is 1. The Morgan fingerprint density at radius 1 is 1.13 bits per heavy atom. The molecular formula is C21H23N3O5S. The summed E-state index contributed by atoms with van der Waals surface area (Å²) in [5.41, 5.74) is 1.28. The van der Waals surface area contributed by atoms with E-state index in [0.29, 0.717) is 30.3 Å². The Bertz CT molecular complexity index is 1110. The molecule has 0 fully saturated rings. The number of rotatable bonds is 5. The van der Waals surface area contributed by atoms with Crippen LogP contribution in [0.5, 0.6) is 11.5 Å². The van der Waals surface area contributed by atoms with Crippen LogP contribution in [0, 0.1) is 5.92 Å². The molecule has 2 aliphatic rings. The van der Waals surface area contributed by atoms with Gasteiger partial charge in [0.2, 0.25) is 5.91 Å². The van der Waals surface area contributed by atoms with Crippen LogP contribution in [-0.2, 0) is 21.4 Å². The second-order valence-electron chi connectivity index (χ2n) is 7.43. The predicted octanol–water partition coefficient (Wildman–Crippen LogP) is 1.84. The Labute approximate surface area is 175 Å². The fourth-order valence-corrected chi connectivity index (χ4v) is 4.68. The number of hydrogen-bond acceptors (Lipinski definition) is 6. The number of sulfonamides is 1. The average molecular weight is 429 g/mol. The van der Waals surface area contributed by atoms with Crippen molar-refractivity contribution in [3.05, 3.63) is 53.6 Å². The van der Waals surface area contributed by atoms with Gasteiger partial charge in [-0.05, 0) is 24.1 Å². The van der Waals surface area contributed by atoms with Gasteiger partial charge in [-0.1, -0.05) is 38.1 Å². The van der Waals surface area contributed by atoms with Gasteiger partial charge in [-0.25, -0.2) is 8.42 Å². The highest BCUT2D eigenvalue weighted by atomic mass is 32.2. The SMILES string of the molecule is CC(C)[C@H](N=C1NS(=O)(=O)c2ccccc21)C(=O)NCc1cccc2c1OCCO2. The van der Waals surface area contributed by atoms with Gasteiger partial charge in [0, 0.05) is 17.7 Å². The van der Waals surface area contributed by atoms with E-state index in [9.17, 15) is 13.2 Å².